The van der Waals surface area contributed by atoms with E-state index in [1.807, 2.05) is 11.9 Å². The predicted molar refractivity (Wildman–Crippen MR) is 85.1 cm³/mol. The Labute approximate surface area is 136 Å². The number of amides is 1. The number of aromatic nitrogens is 1. The summed E-state index contributed by atoms with van der Waals surface area (Å²) in [6.45, 7) is 3.51. The normalized spacial score (nSPS) is 24.0. The SMILES string of the molecule is CN1CCC(N2CCC(COc3ccncc3Cl)CC2)C1=O. The fourth-order valence-corrected chi connectivity index (χ4v) is 3.44. The van der Waals surface area contributed by atoms with Crippen molar-refractivity contribution >= 4 is 17.5 Å². The molecule has 5 nitrogen and oxygen atoms in total. The first kappa shape index (κ1) is 15.6. The van der Waals surface area contributed by atoms with Gasteiger partial charge in [-0.1, -0.05) is 11.6 Å². The third kappa shape index (κ3) is 3.36. The number of hydrogen-bond donors (Lipinski definition) is 0. The number of carbonyl (C=O) groups excluding carboxylic acids is 1. The molecule has 3 heterocycles. The zero-order valence-electron chi connectivity index (χ0n) is 12.9. The maximum atomic E-state index is 12.1. The Bertz CT molecular complexity index is 532. The first-order valence-electron chi connectivity index (χ1n) is 7.86. The number of likely N-dealkylation sites (tertiary alicyclic amines) is 2. The maximum absolute atomic E-state index is 12.1. The summed E-state index contributed by atoms with van der Waals surface area (Å²) in [5.74, 6) is 1.50. The maximum Gasteiger partial charge on any atom is 0.239 e. The first-order chi connectivity index (χ1) is 10.6. The van der Waals surface area contributed by atoms with Gasteiger partial charge < -0.3 is 9.64 Å². The van der Waals surface area contributed by atoms with Crippen molar-refractivity contribution < 1.29 is 9.53 Å². The molecule has 2 aliphatic heterocycles. The molecule has 0 saturated carbocycles. The lowest BCUT2D eigenvalue weighted by Crippen LogP contribution is -2.45. The van der Waals surface area contributed by atoms with Gasteiger partial charge in [-0.2, -0.15) is 0 Å². The van der Waals surface area contributed by atoms with Crippen LogP contribution in [0.25, 0.3) is 0 Å². The largest absolute Gasteiger partial charge is 0.492 e. The minimum absolute atomic E-state index is 0.0986. The van der Waals surface area contributed by atoms with Crippen molar-refractivity contribution in [1.29, 1.82) is 0 Å². The summed E-state index contributed by atoms with van der Waals surface area (Å²) in [4.78, 5) is 20.2. The van der Waals surface area contributed by atoms with E-state index in [1.54, 1.807) is 18.5 Å². The van der Waals surface area contributed by atoms with Crippen molar-refractivity contribution in [2.45, 2.75) is 25.3 Å². The Morgan fingerprint density at radius 1 is 1.32 bits per heavy atom. The quantitative estimate of drug-likeness (QED) is 0.851. The molecule has 1 atom stereocenters. The van der Waals surface area contributed by atoms with Gasteiger partial charge in [0.05, 0.1) is 12.6 Å². The summed E-state index contributed by atoms with van der Waals surface area (Å²) >= 11 is 6.04. The number of carbonyl (C=O) groups is 1. The standard InChI is InChI=1S/C16H22ClN3O2/c1-19-7-5-14(16(19)21)20-8-3-12(4-9-20)11-22-15-2-6-18-10-13(15)17/h2,6,10,12,14H,3-5,7-9,11H2,1H3. The van der Waals surface area contributed by atoms with Gasteiger partial charge in [0.15, 0.2) is 0 Å². The van der Waals surface area contributed by atoms with Crippen molar-refractivity contribution in [2.75, 3.05) is 33.3 Å². The van der Waals surface area contributed by atoms with Gasteiger partial charge in [-0.25, -0.2) is 0 Å². The van der Waals surface area contributed by atoms with Crippen molar-refractivity contribution in [3.05, 3.63) is 23.5 Å². The lowest BCUT2D eigenvalue weighted by Gasteiger charge is -2.34. The average Bonchev–Trinajstić information content (AvgIpc) is 2.87. The second kappa shape index (κ2) is 6.84. The average molecular weight is 324 g/mol. The highest BCUT2D eigenvalue weighted by Gasteiger charge is 2.35. The topological polar surface area (TPSA) is 45.7 Å². The Hall–Kier alpha value is -1.33. The van der Waals surface area contributed by atoms with Crippen LogP contribution in [-0.4, -0.2) is 60.0 Å². The van der Waals surface area contributed by atoms with E-state index in [-0.39, 0.29) is 11.9 Å². The third-order valence-electron chi connectivity index (χ3n) is 4.70. The molecule has 120 valence electrons. The van der Waals surface area contributed by atoms with Gasteiger partial charge in [0.25, 0.3) is 0 Å². The summed E-state index contributed by atoms with van der Waals surface area (Å²) in [6, 6.07) is 1.89. The van der Waals surface area contributed by atoms with Crippen LogP contribution in [0.2, 0.25) is 5.02 Å². The van der Waals surface area contributed by atoms with Gasteiger partial charge in [-0.15, -0.1) is 0 Å². The molecule has 1 amide bonds. The zero-order valence-corrected chi connectivity index (χ0v) is 13.6. The van der Waals surface area contributed by atoms with Crippen LogP contribution in [-0.2, 0) is 4.79 Å². The van der Waals surface area contributed by atoms with Crippen molar-refractivity contribution in [3.8, 4) is 5.75 Å². The molecule has 3 rings (SSSR count). The van der Waals surface area contributed by atoms with Crippen molar-refractivity contribution in [2.24, 2.45) is 5.92 Å². The number of piperidine rings is 1. The van der Waals surface area contributed by atoms with Gasteiger partial charge in [-0.05, 0) is 38.3 Å². The summed E-state index contributed by atoms with van der Waals surface area (Å²) < 4.78 is 5.81. The van der Waals surface area contributed by atoms with Gasteiger partial charge in [0, 0.05) is 32.1 Å². The lowest BCUT2D eigenvalue weighted by atomic mass is 9.96. The smallest absolute Gasteiger partial charge is 0.239 e. The van der Waals surface area contributed by atoms with Gasteiger partial charge in [0.1, 0.15) is 10.8 Å². The Morgan fingerprint density at radius 3 is 2.73 bits per heavy atom. The molecule has 2 fully saturated rings. The highest BCUT2D eigenvalue weighted by atomic mass is 35.5. The number of hydrogen-bond acceptors (Lipinski definition) is 4. The second-order valence-electron chi connectivity index (χ2n) is 6.16. The molecule has 0 aliphatic carbocycles. The van der Waals surface area contributed by atoms with E-state index in [0.29, 0.717) is 23.3 Å². The van der Waals surface area contributed by atoms with Crippen LogP contribution in [0.4, 0.5) is 0 Å². The van der Waals surface area contributed by atoms with E-state index in [4.69, 9.17) is 16.3 Å². The second-order valence-corrected chi connectivity index (χ2v) is 6.57. The zero-order chi connectivity index (χ0) is 15.5. The van der Waals surface area contributed by atoms with Crippen LogP contribution in [0.3, 0.4) is 0 Å². The molecule has 22 heavy (non-hydrogen) atoms. The van der Waals surface area contributed by atoms with E-state index < -0.39 is 0 Å². The molecule has 0 aromatic carbocycles. The fourth-order valence-electron chi connectivity index (χ4n) is 3.26. The lowest BCUT2D eigenvalue weighted by molar-refractivity contribution is -0.131. The number of pyridine rings is 1. The molecule has 1 aromatic heterocycles. The Morgan fingerprint density at radius 2 is 2.09 bits per heavy atom. The predicted octanol–water partition coefficient (Wildman–Crippen LogP) is 2.06. The first-order valence-corrected chi connectivity index (χ1v) is 8.24. The third-order valence-corrected chi connectivity index (χ3v) is 4.98. The molecule has 1 aromatic rings. The van der Waals surface area contributed by atoms with Gasteiger partial charge >= 0.3 is 0 Å². The van der Waals surface area contributed by atoms with E-state index in [9.17, 15) is 4.79 Å². The molecular weight excluding hydrogens is 302 g/mol. The molecule has 0 radical (unpaired) electrons. The molecule has 2 aliphatic rings. The van der Waals surface area contributed by atoms with E-state index >= 15 is 0 Å². The summed E-state index contributed by atoms with van der Waals surface area (Å²) in [6.07, 6.45) is 6.38. The Kier molecular flexibility index (Phi) is 4.84. The monoisotopic (exact) mass is 323 g/mol. The minimum Gasteiger partial charge on any atom is -0.492 e. The summed E-state index contributed by atoms with van der Waals surface area (Å²) in [5.41, 5.74) is 0. The Balaban J connectivity index is 1.46. The van der Waals surface area contributed by atoms with Gasteiger partial charge in [0.2, 0.25) is 5.91 Å². The van der Waals surface area contributed by atoms with Crippen molar-refractivity contribution in [3.63, 3.8) is 0 Å². The van der Waals surface area contributed by atoms with Crippen LogP contribution in [0.1, 0.15) is 19.3 Å². The molecule has 6 heteroatoms. The van der Waals surface area contributed by atoms with Crippen LogP contribution in [0.15, 0.2) is 18.5 Å². The summed E-state index contributed by atoms with van der Waals surface area (Å²) in [7, 11) is 1.89. The van der Waals surface area contributed by atoms with Crippen molar-refractivity contribution in [1.82, 2.24) is 14.8 Å². The number of halogens is 1. The van der Waals surface area contributed by atoms with Crippen LogP contribution < -0.4 is 4.74 Å². The van der Waals surface area contributed by atoms with E-state index in [1.165, 1.54) is 0 Å². The van der Waals surface area contributed by atoms with E-state index in [0.717, 1.165) is 38.9 Å². The molecule has 1 unspecified atom stereocenters. The van der Waals surface area contributed by atoms with Crippen LogP contribution in [0, 0.1) is 5.92 Å². The number of rotatable bonds is 4. The van der Waals surface area contributed by atoms with E-state index in [2.05, 4.69) is 9.88 Å². The molecule has 0 bridgehead atoms. The highest BCUT2D eigenvalue weighted by Crippen LogP contribution is 2.26. The molecule has 2 saturated heterocycles. The summed E-state index contributed by atoms with van der Waals surface area (Å²) in [5, 5.41) is 0.555. The molecule has 0 N–H and O–H groups in total. The number of nitrogens with zero attached hydrogens (tertiary/aromatic N) is 3. The minimum atomic E-state index is 0.0986. The molecule has 0 spiro atoms. The van der Waals surface area contributed by atoms with Crippen LogP contribution in [0.5, 0.6) is 5.75 Å². The van der Waals surface area contributed by atoms with Crippen LogP contribution >= 0.6 is 11.6 Å². The number of ether oxygens (including phenoxy) is 1. The molecular formula is C16H22ClN3O2. The van der Waals surface area contributed by atoms with Gasteiger partial charge in [-0.3, -0.25) is 14.7 Å². The number of likely N-dealkylation sites (N-methyl/N-ethyl adjacent to an activating group) is 1. The highest BCUT2D eigenvalue weighted by molar-refractivity contribution is 6.31. The fraction of sp³-hybridized carbons (Fsp3) is 0.625.